The molecule has 0 atom stereocenters. The Morgan fingerprint density at radius 1 is 1.10 bits per heavy atom. The monoisotopic (exact) mass is 303 g/mol. The molecule has 0 unspecified atom stereocenters. The van der Waals surface area contributed by atoms with Gasteiger partial charge in [0.15, 0.2) is 0 Å². The molecule has 21 heavy (non-hydrogen) atoms. The average molecular weight is 303 g/mol. The smallest absolute Gasteiger partial charge is 0.238 e. The molecule has 0 aliphatic heterocycles. The molecule has 2 rings (SSSR count). The second kappa shape index (κ2) is 6.51. The van der Waals surface area contributed by atoms with Gasteiger partial charge in [-0.25, -0.2) is 13.6 Å². The van der Waals surface area contributed by atoms with Crippen LogP contribution >= 0.6 is 0 Å². The first-order chi connectivity index (χ1) is 9.95. The van der Waals surface area contributed by atoms with E-state index in [1.165, 1.54) is 17.7 Å². The summed E-state index contributed by atoms with van der Waals surface area (Å²) in [4.78, 5) is 0.0815. The van der Waals surface area contributed by atoms with E-state index in [0.29, 0.717) is 5.69 Å². The highest BCUT2D eigenvalue weighted by Gasteiger charge is 2.06. The zero-order valence-electron chi connectivity index (χ0n) is 11.7. The Hall–Kier alpha value is -2.18. The highest BCUT2D eigenvalue weighted by Crippen LogP contribution is 2.12. The highest BCUT2D eigenvalue weighted by atomic mass is 32.2. The normalized spacial score (nSPS) is 12.2. The molecule has 0 fully saturated rings. The van der Waals surface area contributed by atoms with Crippen LogP contribution in [0.25, 0.3) is 0 Å². The summed E-state index contributed by atoms with van der Waals surface area (Å²) in [7, 11) is -3.66. The minimum Gasteiger partial charge on any atom is -0.279 e. The van der Waals surface area contributed by atoms with E-state index in [0.717, 1.165) is 12.1 Å². The molecule has 0 aliphatic carbocycles. The summed E-state index contributed by atoms with van der Waals surface area (Å²) in [5.41, 5.74) is 5.71. The van der Waals surface area contributed by atoms with Crippen molar-refractivity contribution >= 4 is 21.4 Å². The van der Waals surface area contributed by atoms with Crippen LogP contribution < -0.4 is 10.6 Å². The minimum atomic E-state index is -3.66. The molecule has 0 spiro atoms. The van der Waals surface area contributed by atoms with E-state index >= 15 is 0 Å². The molecule has 0 saturated carbocycles. The van der Waals surface area contributed by atoms with Gasteiger partial charge >= 0.3 is 0 Å². The van der Waals surface area contributed by atoms with Crippen molar-refractivity contribution in [1.82, 2.24) is 0 Å². The van der Waals surface area contributed by atoms with E-state index in [1.807, 2.05) is 37.3 Å². The molecule has 0 amide bonds. The summed E-state index contributed by atoms with van der Waals surface area (Å²) in [6, 6.07) is 16.2. The Morgan fingerprint density at radius 3 is 2.29 bits per heavy atom. The van der Waals surface area contributed by atoms with Crippen LogP contribution in [0.5, 0.6) is 0 Å². The highest BCUT2D eigenvalue weighted by molar-refractivity contribution is 7.89. The van der Waals surface area contributed by atoms with E-state index < -0.39 is 10.0 Å². The number of nitrogens with two attached hydrogens (primary N) is 1. The third-order valence-corrected chi connectivity index (χ3v) is 3.79. The molecule has 0 aliphatic rings. The summed E-state index contributed by atoms with van der Waals surface area (Å²) >= 11 is 0. The van der Waals surface area contributed by atoms with E-state index in [1.54, 1.807) is 12.1 Å². The molecule has 6 heteroatoms. The number of anilines is 1. The van der Waals surface area contributed by atoms with E-state index in [-0.39, 0.29) is 4.90 Å². The van der Waals surface area contributed by atoms with Gasteiger partial charge in [-0.1, -0.05) is 30.3 Å². The molecule has 5 nitrogen and oxygen atoms in total. The molecule has 2 aromatic carbocycles. The Bertz CT molecular complexity index is 723. The molecule has 0 heterocycles. The SMILES string of the molecule is CC(Cc1ccccc1)=NNc1ccc(S(N)(=O)=O)cc1. The Balaban J connectivity index is 2.00. The molecule has 0 radical (unpaired) electrons. The van der Waals surface area contributed by atoms with Gasteiger partial charge in [-0.2, -0.15) is 5.10 Å². The van der Waals surface area contributed by atoms with Gasteiger partial charge in [0, 0.05) is 12.1 Å². The summed E-state index contributed by atoms with van der Waals surface area (Å²) in [6.07, 6.45) is 0.753. The first-order valence-corrected chi connectivity index (χ1v) is 7.96. The number of benzene rings is 2. The summed E-state index contributed by atoms with van der Waals surface area (Å²) in [5, 5.41) is 9.31. The molecule has 0 aromatic heterocycles. The van der Waals surface area contributed by atoms with Gasteiger partial charge in [-0.05, 0) is 36.8 Å². The maximum absolute atomic E-state index is 11.1. The summed E-state index contributed by atoms with van der Waals surface area (Å²) < 4.78 is 22.3. The molecular formula is C15H17N3O2S. The third kappa shape index (κ3) is 4.70. The van der Waals surface area contributed by atoms with Crippen LogP contribution in [-0.2, 0) is 16.4 Å². The van der Waals surface area contributed by atoms with Crippen LogP contribution in [0.1, 0.15) is 12.5 Å². The minimum absolute atomic E-state index is 0.0815. The maximum atomic E-state index is 11.1. The van der Waals surface area contributed by atoms with Gasteiger partial charge < -0.3 is 0 Å². The second-order valence-electron chi connectivity index (χ2n) is 4.69. The molecular weight excluding hydrogens is 286 g/mol. The van der Waals surface area contributed by atoms with Crippen LogP contribution in [0.2, 0.25) is 0 Å². The first kappa shape index (κ1) is 15.2. The fraction of sp³-hybridized carbons (Fsp3) is 0.133. The second-order valence-corrected chi connectivity index (χ2v) is 6.25. The number of hydrogen-bond donors (Lipinski definition) is 2. The van der Waals surface area contributed by atoms with Gasteiger partial charge in [0.1, 0.15) is 0 Å². The number of primary sulfonamides is 1. The Kier molecular flexibility index (Phi) is 4.72. The lowest BCUT2D eigenvalue weighted by molar-refractivity contribution is 0.598. The van der Waals surface area contributed by atoms with Crippen LogP contribution in [0.3, 0.4) is 0 Å². The van der Waals surface area contributed by atoms with Gasteiger partial charge in [-0.3, -0.25) is 5.43 Å². The van der Waals surface area contributed by atoms with Crippen molar-refractivity contribution in [3.63, 3.8) is 0 Å². The number of rotatable bonds is 5. The predicted molar refractivity (Wildman–Crippen MR) is 84.7 cm³/mol. The fourth-order valence-corrected chi connectivity index (χ4v) is 2.33. The maximum Gasteiger partial charge on any atom is 0.238 e. The molecule has 3 N–H and O–H groups in total. The van der Waals surface area contributed by atoms with Crippen molar-refractivity contribution in [3.05, 3.63) is 60.2 Å². The Labute approximate surface area is 124 Å². The van der Waals surface area contributed by atoms with E-state index in [4.69, 9.17) is 5.14 Å². The number of sulfonamides is 1. The zero-order chi connectivity index (χ0) is 15.3. The lowest BCUT2D eigenvalue weighted by Gasteiger charge is -2.04. The Morgan fingerprint density at radius 2 is 1.71 bits per heavy atom. The van der Waals surface area contributed by atoms with E-state index in [2.05, 4.69) is 10.5 Å². The topological polar surface area (TPSA) is 84.5 Å². The first-order valence-electron chi connectivity index (χ1n) is 6.41. The van der Waals surface area contributed by atoms with Crippen LogP contribution in [0.15, 0.2) is 64.6 Å². The van der Waals surface area contributed by atoms with Gasteiger partial charge in [-0.15, -0.1) is 0 Å². The van der Waals surface area contributed by atoms with Crippen molar-refractivity contribution in [3.8, 4) is 0 Å². The van der Waals surface area contributed by atoms with Crippen LogP contribution in [-0.4, -0.2) is 14.1 Å². The summed E-state index contributed by atoms with van der Waals surface area (Å²) in [5.74, 6) is 0. The number of hydrazone groups is 1. The molecule has 110 valence electrons. The molecule has 0 bridgehead atoms. The standard InChI is InChI=1S/C15H17N3O2S/c1-12(11-13-5-3-2-4-6-13)17-18-14-7-9-15(10-8-14)21(16,19)20/h2-10,18H,11H2,1H3,(H2,16,19,20). The van der Waals surface area contributed by atoms with Crippen molar-refractivity contribution in [2.75, 3.05) is 5.43 Å². The van der Waals surface area contributed by atoms with Gasteiger partial charge in [0.05, 0.1) is 10.6 Å². The largest absolute Gasteiger partial charge is 0.279 e. The van der Waals surface area contributed by atoms with Gasteiger partial charge in [0.25, 0.3) is 0 Å². The zero-order valence-corrected chi connectivity index (χ0v) is 12.5. The number of nitrogens with zero attached hydrogens (tertiary/aromatic N) is 1. The van der Waals surface area contributed by atoms with Crippen molar-refractivity contribution in [1.29, 1.82) is 0 Å². The predicted octanol–water partition coefficient (Wildman–Crippen LogP) is 2.36. The lowest BCUT2D eigenvalue weighted by atomic mass is 10.1. The van der Waals surface area contributed by atoms with Crippen molar-refractivity contribution < 1.29 is 8.42 Å². The fourth-order valence-electron chi connectivity index (χ4n) is 1.81. The summed E-state index contributed by atoms with van der Waals surface area (Å²) in [6.45, 7) is 1.93. The van der Waals surface area contributed by atoms with E-state index in [9.17, 15) is 8.42 Å². The quantitative estimate of drug-likeness (QED) is 0.657. The third-order valence-electron chi connectivity index (χ3n) is 2.86. The number of hydrogen-bond acceptors (Lipinski definition) is 4. The van der Waals surface area contributed by atoms with Crippen LogP contribution in [0, 0.1) is 0 Å². The van der Waals surface area contributed by atoms with Crippen molar-refractivity contribution in [2.45, 2.75) is 18.2 Å². The van der Waals surface area contributed by atoms with Gasteiger partial charge in [0.2, 0.25) is 10.0 Å². The number of nitrogens with one attached hydrogen (secondary N) is 1. The lowest BCUT2D eigenvalue weighted by Crippen LogP contribution is -2.11. The average Bonchev–Trinajstić information content (AvgIpc) is 2.46. The molecule has 0 saturated heterocycles. The van der Waals surface area contributed by atoms with Crippen molar-refractivity contribution in [2.24, 2.45) is 10.2 Å². The molecule has 2 aromatic rings. The van der Waals surface area contributed by atoms with Crippen LogP contribution in [0.4, 0.5) is 5.69 Å².